The maximum atomic E-state index is 11.9. The van der Waals surface area contributed by atoms with Gasteiger partial charge in [-0.25, -0.2) is 0 Å². The number of nitrogens with one attached hydrogen (secondary N) is 1. The van der Waals surface area contributed by atoms with Crippen LogP contribution in [-0.4, -0.2) is 33.7 Å². The van der Waals surface area contributed by atoms with E-state index in [1.165, 1.54) is 16.9 Å². The average molecular weight is 317 g/mol. The Labute approximate surface area is 133 Å². The molecule has 23 heavy (non-hydrogen) atoms. The van der Waals surface area contributed by atoms with E-state index >= 15 is 0 Å². The van der Waals surface area contributed by atoms with Gasteiger partial charge < -0.3 is 20.3 Å². The number of nitrogens with zero attached hydrogens (tertiary/aromatic N) is 4. The summed E-state index contributed by atoms with van der Waals surface area (Å²) >= 11 is 0. The Morgan fingerprint density at radius 1 is 1.26 bits per heavy atom. The van der Waals surface area contributed by atoms with Gasteiger partial charge in [-0.3, -0.25) is 4.79 Å². The molecule has 2 aromatic rings. The third-order valence-electron chi connectivity index (χ3n) is 3.40. The fraction of sp³-hybridized carbons (Fsp3) is 0.333. The van der Waals surface area contributed by atoms with Crippen molar-refractivity contribution >= 4 is 23.1 Å². The Morgan fingerprint density at radius 2 is 1.91 bits per heavy atom. The second kappa shape index (κ2) is 7.39. The molecule has 0 aliphatic rings. The standard InChI is InChI=1S/C15H19N5O3/c1-3-18(4-2)13-7-5-12(6-8-13)16-15(21)11-19-10-9-14(17-19)20(22)23/h5-10H,3-4,11H2,1-2H3,(H,16,21). The molecule has 8 nitrogen and oxygen atoms in total. The van der Waals surface area contributed by atoms with Crippen molar-refractivity contribution in [1.82, 2.24) is 9.78 Å². The van der Waals surface area contributed by atoms with Crippen molar-refractivity contribution in [2.24, 2.45) is 0 Å². The SMILES string of the molecule is CCN(CC)c1ccc(NC(=O)Cn2ccc([N+](=O)[O-])n2)cc1. The monoisotopic (exact) mass is 317 g/mol. The second-order valence-corrected chi connectivity index (χ2v) is 4.90. The number of carbonyl (C=O) groups is 1. The fourth-order valence-corrected chi connectivity index (χ4v) is 2.23. The highest BCUT2D eigenvalue weighted by Crippen LogP contribution is 2.17. The van der Waals surface area contributed by atoms with E-state index in [4.69, 9.17) is 0 Å². The molecule has 0 bridgehead atoms. The molecule has 1 aromatic heterocycles. The van der Waals surface area contributed by atoms with Crippen LogP contribution in [0.25, 0.3) is 0 Å². The van der Waals surface area contributed by atoms with Crippen molar-refractivity contribution in [3.05, 3.63) is 46.6 Å². The summed E-state index contributed by atoms with van der Waals surface area (Å²) in [6, 6.07) is 8.81. The summed E-state index contributed by atoms with van der Waals surface area (Å²) in [5, 5.41) is 17.0. The number of rotatable bonds is 7. The van der Waals surface area contributed by atoms with Crippen molar-refractivity contribution in [3.63, 3.8) is 0 Å². The van der Waals surface area contributed by atoms with E-state index < -0.39 is 4.92 Å². The van der Waals surface area contributed by atoms with Crippen LogP contribution in [0.5, 0.6) is 0 Å². The van der Waals surface area contributed by atoms with Crippen LogP contribution in [0.3, 0.4) is 0 Å². The molecule has 0 saturated carbocycles. The third kappa shape index (κ3) is 4.29. The first-order chi connectivity index (χ1) is 11.0. The first-order valence-electron chi connectivity index (χ1n) is 7.36. The van der Waals surface area contributed by atoms with Crippen LogP contribution >= 0.6 is 0 Å². The van der Waals surface area contributed by atoms with Crippen LogP contribution in [0.2, 0.25) is 0 Å². The second-order valence-electron chi connectivity index (χ2n) is 4.90. The van der Waals surface area contributed by atoms with Crippen LogP contribution < -0.4 is 10.2 Å². The molecule has 0 aliphatic heterocycles. The van der Waals surface area contributed by atoms with E-state index in [1.807, 2.05) is 24.3 Å². The van der Waals surface area contributed by atoms with Crippen LogP contribution in [0.4, 0.5) is 17.2 Å². The summed E-state index contributed by atoms with van der Waals surface area (Å²) in [4.78, 5) is 24.1. The van der Waals surface area contributed by atoms with E-state index in [9.17, 15) is 14.9 Å². The molecule has 0 aliphatic carbocycles. The molecule has 0 saturated heterocycles. The number of amides is 1. The van der Waals surface area contributed by atoms with E-state index in [-0.39, 0.29) is 18.3 Å². The lowest BCUT2D eigenvalue weighted by molar-refractivity contribution is -0.389. The molecule has 1 amide bonds. The number of carbonyl (C=O) groups excluding carboxylic acids is 1. The molecule has 2 rings (SSSR count). The molecule has 0 atom stereocenters. The Hall–Kier alpha value is -2.90. The highest BCUT2D eigenvalue weighted by Gasteiger charge is 2.13. The van der Waals surface area contributed by atoms with Crippen LogP contribution in [-0.2, 0) is 11.3 Å². The van der Waals surface area contributed by atoms with E-state index in [0.29, 0.717) is 5.69 Å². The zero-order valence-electron chi connectivity index (χ0n) is 13.1. The van der Waals surface area contributed by atoms with Gasteiger partial charge in [-0.2, -0.15) is 4.68 Å². The van der Waals surface area contributed by atoms with Crippen LogP contribution in [0.1, 0.15) is 13.8 Å². The predicted octanol–water partition coefficient (Wildman–Crippen LogP) is 2.28. The molecule has 1 heterocycles. The van der Waals surface area contributed by atoms with Crippen molar-refractivity contribution in [2.75, 3.05) is 23.3 Å². The minimum atomic E-state index is -0.597. The molecular weight excluding hydrogens is 298 g/mol. The van der Waals surface area contributed by atoms with Gasteiger partial charge in [-0.15, -0.1) is 0 Å². The fourth-order valence-electron chi connectivity index (χ4n) is 2.23. The first-order valence-corrected chi connectivity index (χ1v) is 7.36. The van der Waals surface area contributed by atoms with Gasteiger partial charge in [0, 0.05) is 24.5 Å². The quantitative estimate of drug-likeness (QED) is 0.624. The Kier molecular flexibility index (Phi) is 5.29. The van der Waals surface area contributed by atoms with Crippen LogP contribution in [0, 0.1) is 10.1 Å². The molecule has 0 radical (unpaired) electrons. The van der Waals surface area contributed by atoms with Gasteiger partial charge in [0.05, 0.1) is 17.4 Å². The molecule has 1 N–H and O–H groups in total. The van der Waals surface area contributed by atoms with E-state index in [2.05, 4.69) is 29.2 Å². The molecule has 0 unspecified atom stereocenters. The van der Waals surface area contributed by atoms with Gasteiger partial charge in [-0.05, 0) is 43.0 Å². The topological polar surface area (TPSA) is 93.3 Å². The summed E-state index contributed by atoms with van der Waals surface area (Å²) in [6.07, 6.45) is 1.40. The highest BCUT2D eigenvalue weighted by molar-refractivity contribution is 5.90. The minimum absolute atomic E-state index is 0.0777. The third-order valence-corrected chi connectivity index (χ3v) is 3.40. The van der Waals surface area contributed by atoms with Gasteiger partial charge in [0.15, 0.2) is 0 Å². The number of nitro groups is 1. The lowest BCUT2D eigenvalue weighted by Gasteiger charge is -2.21. The summed E-state index contributed by atoms with van der Waals surface area (Å²) in [5.74, 6) is -0.569. The average Bonchev–Trinajstić information content (AvgIpc) is 2.99. The summed E-state index contributed by atoms with van der Waals surface area (Å²) in [6.45, 7) is 5.93. The lowest BCUT2D eigenvalue weighted by Crippen LogP contribution is -2.22. The molecule has 8 heteroatoms. The van der Waals surface area contributed by atoms with Gasteiger partial charge >= 0.3 is 5.82 Å². The Bertz CT molecular complexity index is 677. The van der Waals surface area contributed by atoms with E-state index in [1.54, 1.807) is 0 Å². The molecular formula is C15H19N5O3. The normalized spacial score (nSPS) is 10.3. The molecule has 0 spiro atoms. The van der Waals surface area contributed by atoms with Gasteiger partial charge in [0.25, 0.3) is 0 Å². The van der Waals surface area contributed by atoms with Crippen molar-refractivity contribution in [1.29, 1.82) is 0 Å². The zero-order valence-corrected chi connectivity index (χ0v) is 13.1. The Morgan fingerprint density at radius 3 is 2.43 bits per heavy atom. The summed E-state index contributed by atoms with van der Waals surface area (Å²) < 4.78 is 1.23. The van der Waals surface area contributed by atoms with Gasteiger partial charge in [0.1, 0.15) is 6.54 Å². The maximum absolute atomic E-state index is 11.9. The zero-order chi connectivity index (χ0) is 16.8. The molecule has 0 fully saturated rings. The largest absolute Gasteiger partial charge is 0.389 e. The van der Waals surface area contributed by atoms with Gasteiger partial charge in [0.2, 0.25) is 5.91 Å². The van der Waals surface area contributed by atoms with Crippen molar-refractivity contribution in [3.8, 4) is 0 Å². The van der Waals surface area contributed by atoms with Crippen molar-refractivity contribution < 1.29 is 9.72 Å². The number of anilines is 2. The predicted molar refractivity (Wildman–Crippen MR) is 87.5 cm³/mol. The van der Waals surface area contributed by atoms with Gasteiger partial charge in [-0.1, -0.05) is 0 Å². The van der Waals surface area contributed by atoms with Crippen LogP contribution in [0.15, 0.2) is 36.5 Å². The summed E-state index contributed by atoms with van der Waals surface area (Å²) in [5.41, 5.74) is 1.77. The molecule has 122 valence electrons. The number of hydrogen-bond acceptors (Lipinski definition) is 5. The first kappa shape index (κ1) is 16.5. The number of benzene rings is 1. The Balaban J connectivity index is 1.95. The lowest BCUT2D eigenvalue weighted by atomic mass is 10.2. The summed E-state index contributed by atoms with van der Waals surface area (Å²) in [7, 11) is 0. The van der Waals surface area contributed by atoms with E-state index in [0.717, 1.165) is 18.8 Å². The number of aromatic nitrogens is 2. The molecule has 1 aromatic carbocycles. The highest BCUT2D eigenvalue weighted by atomic mass is 16.6. The smallest absolute Gasteiger partial charge is 0.372 e. The van der Waals surface area contributed by atoms with Crippen molar-refractivity contribution in [2.45, 2.75) is 20.4 Å². The maximum Gasteiger partial charge on any atom is 0.389 e. The minimum Gasteiger partial charge on any atom is -0.372 e. The number of hydrogen-bond donors (Lipinski definition) is 1.